The number of amidine groups is 1. The Morgan fingerprint density at radius 2 is 2.15 bits per heavy atom. The molecule has 3 rings (SSSR count). The van der Waals surface area contributed by atoms with Crippen LogP contribution in [0.2, 0.25) is 0 Å². The molecule has 0 aliphatic carbocycles. The second kappa shape index (κ2) is 12.1. The number of aliphatic imine (C=N–C) groups is 1. The van der Waals surface area contributed by atoms with Gasteiger partial charge in [-0.2, -0.15) is 0 Å². The summed E-state index contributed by atoms with van der Waals surface area (Å²) in [6.07, 6.45) is 1.68. The van der Waals surface area contributed by atoms with Gasteiger partial charge in [0.15, 0.2) is 11.5 Å². The average molecular weight is 546 g/mol. The number of urea groups is 1. The number of hydroxylamine groups is 1. The van der Waals surface area contributed by atoms with Gasteiger partial charge in [0, 0.05) is 19.0 Å². The molecule has 0 saturated carbocycles. The summed E-state index contributed by atoms with van der Waals surface area (Å²) in [5.74, 6) is 0.0401. The lowest BCUT2D eigenvalue weighted by Crippen LogP contribution is -2.36. The van der Waals surface area contributed by atoms with Crippen LogP contribution in [0.5, 0.6) is 0 Å². The highest BCUT2D eigenvalue weighted by Crippen LogP contribution is 2.23. The molecule has 0 radical (unpaired) electrons. The normalized spacial score (nSPS) is 11.3. The lowest BCUT2D eigenvalue weighted by molar-refractivity contribution is 0.234. The molecule has 2 aromatic heterocycles. The molecule has 0 fully saturated rings. The van der Waals surface area contributed by atoms with Gasteiger partial charge in [0.25, 0.3) is 0 Å². The predicted octanol–water partition coefficient (Wildman–Crippen LogP) is 1.77. The minimum Gasteiger partial charge on any atom is -0.363 e. The second-order valence-electron chi connectivity index (χ2n) is 6.33. The van der Waals surface area contributed by atoms with Crippen LogP contribution < -0.4 is 21.4 Å². The molecule has 0 bridgehead atoms. The first-order valence-electron chi connectivity index (χ1n) is 9.47. The van der Waals surface area contributed by atoms with Crippen LogP contribution in [0, 0.1) is 5.82 Å². The Bertz CT molecular complexity index is 1110. The first kappa shape index (κ1) is 24.3. The van der Waals surface area contributed by atoms with Crippen molar-refractivity contribution in [2.75, 3.05) is 24.3 Å². The fourth-order valence-electron chi connectivity index (χ4n) is 2.49. The van der Waals surface area contributed by atoms with E-state index < -0.39 is 5.82 Å². The molecule has 3 aromatic rings. The summed E-state index contributed by atoms with van der Waals surface area (Å²) in [5, 5.41) is 33.2. The van der Waals surface area contributed by atoms with E-state index in [4.69, 9.17) is 16.2 Å². The van der Waals surface area contributed by atoms with Gasteiger partial charge in [-0.15, -0.1) is 16.7 Å². The third-order valence-electron chi connectivity index (χ3n) is 3.99. The first-order chi connectivity index (χ1) is 16.0. The molecule has 0 aliphatic rings. The molecule has 0 unspecified atom stereocenters. The van der Waals surface area contributed by atoms with E-state index in [1.165, 1.54) is 18.2 Å². The summed E-state index contributed by atoms with van der Waals surface area (Å²) in [7, 11) is 0. The van der Waals surface area contributed by atoms with Crippen LogP contribution in [0.1, 0.15) is 11.4 Å². The molecule has 0 atom stereocenters. The van der Waals surface area contributed by atoms with E-state index in [9.17, 15) is 14.4 Å². The van der Waals surface area contributed by atoms with Crippen molar-refractivity contribution in [3.05, 3.63) is 46.1 Å². The van der Waals surface area contributed by atoms with Crippen molar-refractivity contribution in [3.63, 3.8) is 0 Å². The van der Waals surface area contributed by atoms with Gasteiger partial charge in [-0.05, 0) is 44.4 Å². The molecule has 2 amide bonds. The molecule has 0 aliphatic heterocycles. The second-order valence-corrected chi connectivity index (χ2v) is 7.56. The molecule has 0 saturated heterocycles. The van der Waals surface area contributed by atoms with Crippen molar-refractivity contribution in [2.45, 2.75) is 13.1 Å². The lowest BCUT2D eigenvalue weighted by atomic mass is 10.3. The van der Waals surface area contributed by atoms with Crippen molar-refractivity contribution in [1.29, 1.82) is 0 Å². The van der Waals surface area contributed by atoms with E-state index >= 15 is 0 Å². The molecule has 1 aromatic carbocycles. The van der Waals surface area contributed by atoms with Gasteiger partial charge in [-0.25, -0.2) is 18.8 Å². The fraction of sp³-hybridized carbons (Fsp3) is 0.294. The van der Waals surface area contributed by atoms with Crippen LogP contribution >= 0.6 is 27.5 Å². The number of anilines is 1. The molecule has 13 nitrogen and oxygen atoms in total. The summed E-state index contributed by atoms with van der Waals surface area (Å²) in [6.45, 7) is 1.33. The summed E-state index contributed by atoms with van der Waals surface area (Å²) >= 11 is 8.59. The van der Waals surface area contributed by atoms with Gasteiger partial charge < -0.3 is 16.0 Å². The Labute approximate surface area is 199 Å². The number of halogens is 3. The third kappa shape index (κ3) is 7.10. The van der Waals surface area contributed by atoms with E-state index in [2.05, 4.69) is 57.5 Å². The van der Waals surface area contributed by atoms with Crippen LogP contribution in [0.3, 0.4) is 0 Å². The Balaban J connectivity index is 1.55. The molecule has 5 N–H and O–H groups in total. The number of benzene rings is 1. The van der Waals surface area contributed by atoms with Crippen LogP contribution in [0.15, 0.2) is 38.5 Å². The van der Waals surface area contributed by atoms with Gasteiger partial charge in [0.1, 0.15) is 11.5 Å². The summed E-state index contributed by atoms with van der Waals surface area (Å²) in [4.78, 5) is 15.7. The zero-order valence-corrected chi connectivity index (χ0v) is 19.3. The van der Waals surface area contributed by atoms with Crippen molar-refractivity contribution >= 4 is 50.9 Å². The quantitative estimate of drug-likeness (QED) is 0.110. The van der Waals surface area contributed by atoms with Crippen LogP contribution in [-0.2, 0) is 13.1 Å². The number of rotatable bonds is 10. The highest BCUT2D eigenvalue weighted by molar-refractivity contribution is 9.10. The van der Waals surface area contributed by atoms with E-state index in [1.807, 2.05) is 5.48 Å². The van der Waals surface area contributed by atoms with E-state index in [0.717, 1.165) is 0 Å². The third-order valence-corrected chi connectivity index (χ3v) is 4.79. The Morgan fingerprint density at radius 1 is 1.30 bits per heavy atom. The van der Waals surface area contributed by atoms with Gasteiger partial charge in [-0.1, -0.05) is 5.21 Å². The molecule has 2 heterocycles. The van der Waals surface area contributed by atoms with E-state index in [0.29, 0.717) is 36.9 Å². The minimum atomic E-state index is -0.445. The Hall–Kier alpha value is -3.30. The average Bonchev–Trinajstić information content (AvgIpc) is 3.46. The van der Waals surface area contributed by atoms with Gasteiger partial charge >= 0.3 is 6.03 Å². The summed E-state index contributed by atoms with van der Waals surface area (Å²) in [5.41, 5.74) is 2.98. The van der Waals surface area contributed by atoms with Crippen LogP contribution in [0.25, 0.3) is 0 Å². The fourth-order valence-corrected chi connectivity index (χ4v) is 2.95. The standard InChI is InChI=1S/C17H19BrClFN10O3/c18-12-7-10(1-2-13(12)20)24-16(26-32)14-15(28-33-27-14)21-5-6-30-9-11(25-29-30)8-23-17(31)22-4-3-19/h1-2,7,9,32H,3-6,8H2,(H,21,28)(H,24,26)(H2,22,23,31). The van der Waals surface area contributed by atoms with Crippen LogP contribution in [-0.4, -0.2) is 61.4 Å². The van der Waals surface area contributed by atoms with E-state index in [1.54, 1.807) is 10.9 Å². The van der Waals surface area contributed by atoms with Crippen molar-refractivity contribution in [3.8, 4) is 0 Å². The maximum absolute atomic E-state index is 13.4. The number of nitrogens with one attached hydrogen (secondary N) is 4. The Morgan fingerprint density at radius 3 is 2.91 bits per heavy atom. The number of amides is 2. The SMILES string of the molecule is O=C(NCCCl)NCc1cn(CCNc2nonc2C(=Nc2ccc(F)c(Br)c2)NO)nn1. The topological polar surface area (TPSA) is 167 Å². The zero-order valence-electron chi connectivity index (χ0n) is 16.9. The lowest BCUT2D eigenvalue weighted by Gasteiger charge is -2.06. The highest BCUT2D eigenvalue weighted by Gasteiger charge is 2.17. The highest BCUT2D eigenvalue weighted by atomic mass is 79.9. The number of carbonyl (C=O) groups is 1. The van der Waals surface area contributed by atoms with Crippen LogP contribution in [0.4, 0.5) is 20.7 Å². The monoisotopic (exact) mass is 544 g/mol. The smallest absolute Gasteiger partial charge is 0.315 e. The number of hydrogen-bond donors (Lipinski definition) is 5. The zero-order chi connectivity index (χ0) is 23.6. The maximum atomic E-state index is 13.4. The van der Waals surface area contributed by atoms with E-state index in [-0.39, 0.29) is 34.4 Å². The minimum absolute atomic E-state index is 0.0566. The number of nitrogens with zero attached hydrogens (tertiary/aromatic N) is 6. The molecule has 33 heavy (non-hydrogen) atoms. The Kier molecular flexibility index (Phi) is 8.91. The number of carbonyl (C=O) groups excluding carboxylic acids is 1. The van der Waals surface area contributed by atoms with Crippen molar-refractivity contribution in [1.82, 2.24) is 41.4 Å². The number of hydrogen-bond acceptors (Lipinski definition) is 9. The molecular formula is C17H19BrClFN10O3. The largest absolute Gasteiger partial charge is 0.363 e. The van der Waals surface area contributed by atoms with Crippen molar-refractivity contribution in [2.24, 2.45) is 4.99 Å². The molecular weight excluding hydrogens is 527 g/mol. The molecule has 0 spiro atoms. The number of aromatic nitrogens is 5. The van der Waals surface area contributed by atoms with Gasteiger partial charge in [0.05, 0.1) is 29.4 Å². The summed E-state index contributed by atoms with van der Waals surface area (Å²) < 4.78 is 20.0. The predicted molar refractivity (Wildman–Crippen MR) is 119 cm³/mol. The van der Waals surface area contributed by atoms with Gasteiger partial charge in [0.2, 0.25) is 5.82 Å². The molecule has 16 heteroatoms. The maximum Gasteiger partial charge on any atom is 0.315 e. The van der Waals surface area contributed by atoms with Crippen molar-refractivity contribution < 1.29 is 19.0 Å². The first-order valence-corrected chi connectivity index (χ1v) is 10.8. The number of alkyl halides is 1. The summed E-state index contributed by atoms with van der Waals surface area (Å²) in [6, 6.07) is 3.75. The van der Waals surface area contributed by atoms with Gasteiger partial charge in [-0.3, -0.25) is 15.4 Å². The molecule has 176 valence electrons.